The fourth-order valence-corrected chi connectivity index (χ4v) is 2.70. The summed E-state index contributed by atoms with van der Waals surface area (Å²) in [5.41, 5.74) is 1.14. The molecule has 1 amide bonds. The minimum absolute atomic E-state index is 0.00962. The molecule has 3 heteroatoms. The summed E-state index contributed by atoms with van der Waals surface area (Å²) in [5, 5.41) is 0. The molecular weight excluding hydrogens is 236 g/mol. The standard InChI is InChI=1S/C16H24N2O/c1-13(2)15(14-7-5-4-6-8-14)16(19)18-11-9-17(3)10-12-18/h4-8,13,15H,9-12H2,1-3H3/t15-/m0/s1. The number of piperazine rings is 1. The van der Waals surface area contributed by atoms with Crippen molar-refractivity contribution in [3.05, 3.63) is 35.9 Å². The number of amides is 1. The van der Waals surface area contributed by atoms with Crippen LogP contribution in [-0.4, -0.2) is 48.9 Å². The van der Waals surface area contributed by atoms with Gasteiger partial charge in [-0.05, 0) is 18.5 Å². The predicted octanol–water partition coefficient (Wildman–Crippen LogP) is 2.20. The van der Waals surface area contributed by atoms with Crippen LogP contribution >= 0.6 is 0 Å². The maximum Gasteiger partial charge on any atom is 0.230 e. The van der Waals surface area contributed by atoms with Crippen molar-refractivity contribution in [2.75, 3.05) is 33.2 Å². The van der Waals surface area contributed by atoms with E-state index in [0.717, 1.165) is 31.7 Å². The molecule has 19 heavy (non-hydrogen) atoms. The van der Waals surface area contributed by atoms with Crippen molar-refractivity contribution in [2.45, 2.75) is 19.8 Å². The van der Waals surface area contributed by atoms with Gasteiger partial charge in [-0.25, -0.2) is 0 Å². The van der Waals surface area contributed by atoms with E-state index in [1.165, 1.54) is 0 Å². The molecule has 0 radical (unpaired) electrons. The van der Waals surface area contributed by atoms with Crippen molar-refractivity contribution in [2.24, 2.45) is 5.92 Å². The van der Waals surface area contributed by atoms with E-state index in [1.807, 2.05) is 23.1 Å². The van der Waals surface area contributed by atoms with Gasteiger partial charge in [0, 0.05) is 26.2 Å². The quantitative estimate of drug-likeness (QED) is 0.832. The molecule has 0 aliphatic carbocycles. The molecule has 1 fully saturated rings. The molecule has 0 N–H and O–H groups in total. The molecule has 1 aromatic rings. The summed E-state index contributed by atoms with van der Waals surface area (Å²) >= 11 is 0. The maximum atomic E-state index is 12.8. The van der Waals surface area contributed by atoms with Crippen LogP contribution in [0.3, 0.4) is 0 Å². The zero-order valence-electron chi connectivity index (χ0n) is 12.2. The number of carbonyl (C=O) groups excluding carboxylic acids is 1. The van der Waals surface area contributed by atoms with Crippen LogP contribution in [0.2, 0.25) is 0 Å². The van der Waals surface area contributed by atoms with Crippen molar-refractivity contribution < 1.29 is 4.79 Å². The number of nitrogens with zero attached hydrogens (tertiary/aromatic N) is 2. The van der Waals surface area contributed by atoms with E-state index in [1.54, 1.807) is 0 Å². The third-order valence-corrected chi connectivity index (χ3v) is 3.91. The smallest absolute Gasteiger partial charge is 0.230 e. The highest BCUT2D eigenvalue weighted by atomic mass is 16.2. The second-order valence-electron chi connectivity index (χ2n) is 5.76. The third kappa shape index (κ3) is 3.35. The molecule has 1 aliphatic rings. The summed E-state index contributed by atoms with van der Waals surface area (Å²) in [6.07, 6.45) is 0. The lowest BCUT2D eigenvalue weighted by Gasteiger charge is -2.35. The lowest BCUT2D eigenvalue weighted by molar-refractivity contribution is -0.135. The highest BCUT2D eigenvalue weighted by Crippen LogP contribution is 2.27. The van der Waals surface area contributed by atoms with Crippen molar-refractivity contribution >= 4 is 5.91 Å². The zero-order chi connectivity index (χ0) is 13.8. The molecule has 0 spiro atoms. The predicted molar refractivity (Wildman–Crippen MR) is 78.1 cm³/mol. The topological polar surface area (TPSA) is 23.6 Å². The van der Waals surface area contributed by atoms with Gasteiger partial charge < -0.3 is 9.80 Å². The molecule has 1 atom stereocenters. The molecule has 104 valence electrons. The summed E-state index contributed by atoms with van der Waals surface area (Å²) < 4.78 is 0. The summed E-state index contributed by atoms with van der Waals surface area (Å²) in [4.78, 5) is 17.1. The largest absolute Gasteiger partial charge is 0.340 e. The molecule has 1 heterocycles. The first kappa shape index (κ1) is 14.1. The van der Waals surface area contributed by atoms with Crippen molar-refractivity contribution in [3.8, 4) is 0 Å². The van der Waals surface area contributed by atoms with E-state index in [9.17, 15) is 4.79 Å². The van der Waals surface area contributed by atoms with E-state index in [0.29, 0.717) is 5.92 Å². The van der Waals surface area contributed by atoms with Crippen LogP contribution < -0.4 is 0 Å². The molecule has 0 saturated carbocycles. The Bertz CT molecular complexity index is 408. The molecule has 1 aromatic carbocycles. The Kier molecular flexibility index (Phi) is 4.59. The fourth-order valence-electron chi connectivity index (χ4n) is 2.70. The van der Waals surface area contributed by atoms with Gasteiger partial charge in [0.05, 0.1) is 5.92 Å². The Morgan fingerprint density at radius 3 is 2.16 bits per heavy atom. The van der Waals surface area contributed by atoms with Gasteiger partial charge in [0.1, 0.15) is 0 Å². The highest BCUT2D eigenvalue weighted by Gasteiger charge is 2.29. The van der Waals surface area contributed by atoms with Gasteiger partial charge in [-0.3, -0.25) is 4.79 Å². The van der Waals surface area contributed by atoms with E-state index in [2.05, 4.69) is 37.9 Å². The summed E-state index contributed by atoms with van der Waals surface area (Å²) in [6.45, 7) is 7.92. The first-order valence-corrected chi connectivity index (χ1v) is 7.12. The van der Waals surface area contributed by atoms with Gasteiger partial charge in [-0.1, -0.05) is 44.2 Å². The molecule has 3 nitrogen and oxygen atoms in total. The van der Waals surface area contributed by atoms with Gasteiger partial charge in [0.15, 0.2) is 0 Å². The molecule has 0 aromatic heterocycles. The highest BCUT2D eigenvalue weighted by molar-refractivity contribution is 5.84. The number of benzene rings is 1. The molecule has 1 saturated heterocycles. The van der Waals surface area contributed by atoms with Gasteiger partial charge in [0.2, 0.25) is 5.91 Å². The van der Waals surface area contributed by atoms with Gasteiger partial charge in [0.25, 0.3) is 0 Å². The Labute approximate surface area is 116 Å². The van der Waals surface area contributed by atoms with Crippen LogP contribution in [0, 0.1) is 5.92 Å². The van der Waals surface area contributed by atoms with Crippen LogP contribution in [0.4, 0.5) is 0 Å². The van der Waals surface area contributed by atoms with E-state index >= 15 is 0 Å². The zero-order valence-corrected chi connectivity index (χ0v) is 12.2. The molecule has 0 bridgehead atoms. The van der Waals surface area contributed by atoms with Crippen LogP contribution in [0.1, 0.15) is 25.3 Å². The first-order chi connectivity index (χ1) is 9.09. The normalized spacial score (nSPS) is 18.6. The van der Waals surface area contributed by atoms with E-state index < -0.39 is 0 Å². The average molecular weight is 260 g/mol. The lowest BCUT2D eigenvalue weighted by atomic mass is 9.87. The second kappa shape index (κ2) is 6.20. The minimum atomic E-state index is -0.00962. The van der Waals surface area contributed by atoms with Crippen LogP contribution in [0.25, 0.3) is 0 Å². The third-order valence-electron chi connectivity index (χ3n) is 3.91. The van der Waals surface area contributed by atoms with Crippen molar-refractivity contribution in [1.82, 2.24) is 9.80 Å². The Balaban J connectivity index is 2.14. The van der Waals surface area contributed by atoms with E-state index in [-0.39, 0.29) is 11.8 Å². The number of hydrogen-bond acceptors (Lipinski definition) is 2. The maximum absolute atomic E-state index is 12.8. The summed E-state index contributed by atoms with van der Waals surface area (Å²) in [6, 6.07) is 10.2. The molecule has 0 unspecified atom stereocenters. The SMILES string of the molecule is CC(C)[C@H](C(=O)N1CCN(C)CC1)c1ccccc1. The second-order valence-corrected chi connectivity index (χ2v) is 5.76. The first-order valence-electron chi connectivity index (χ1n) is 7.12. The monoisotopic (exact) mass is 260 g/mol. The number of likely N-dealkylation sites (N-methyl/N-ethyl adjacent to an activating group) is 1. The van der Waals surface area contributed by atoms with Crippen molar-refractivity contribution in [1.29, 1.82) is 0 Å². The summed E-state index contributed by atoms with van der Waals surface area (Å²) in [7, 11) is 2.11. The van der Waals surface area contributed by atoms with E-state index in [4.69, 9.17) is 0 Å². The van der Waals surface area contributed by atoms with Crippen LogP contribution in [-0.2, 0) is 4.79 Å². The molecule has 1 aliphatic heterocycles. The van der Waals surface area contributed by atoms with Gasteiger partial charge in [-0.15, -0.1) is 0 Å². The van der Waals surface area contributed by atoms with Gasteiger partial charge >= 0.3 is 0 Å². The average Bonchev–Trinajstić information content (AvgIpc) is 2.40. The van der Waals surface area contributed by atoms with Gasteiger partial charge in [-0.2, -0.15) is 0 Å². The van der Waals surface area contributed by atoms with Crippen LogP contribution in [0.15, 0.2) is 30.3 Å². The minimum Gasteiger partial charge on any atom is -0.340 e. The Morgan fingerprint density at radius 1 is 1.05 bits per heavy atom. The fraction of sp³-hybridized carbons (Fsp3) is 0.562. The lowest BCUT2D eigenvalue weighted by Crippen LogP contribution is -2.49. The Hall–Kier alpha value is -1.35. The van der Waals surface area contributed by atoms with Crippen LogP contribution in [0.5, 0.6) is 0 Å². The number of hydrogen-bond donors (Lipinski definition) is 0. The van der Waals surface area contributed by atoms with Crippen molar-refractivity contribution in [3.63, 3.8) is 0 Å². The molecular formula is C16H24N2O. The Morgan fingerprint density at radius 2 is 1.63 bits per heavy atom. The number of rotatable bonds is 3. The molecule has 2 rings (SSSR count). The summed E-state index contributed by atoms with van der Waals surface area (Å²) in [5.74, 6) is 0.605. The number of carbonyl (C=O) groups is 1.